The first-order chi connectivity index (χ1) is 12.0. The van der Waals surface area contributed by atoms with Crippen molar-refractivity contribution in [3.8, 4) is 5.82 Å². The average molecular weight is 337 g/mol. The second-order valence-corrected chi connectivity index (χ2v) is 5.91. The largest absolute Gasteiger partial charge is 0.324 e. The van der Waals surface area contributed by atoms with Gasteiger partial charge < -0.3 is 5.32 Å². The molecule has 25 heavy (non-hydrogen) atoms. The lowest BCUT2D eigenvalue weighted by molar-refractivity contribution is -0.119. The Hall–Kier alpha value is -3.22. The number of hydrogen-bond acceptors (Lipinski definition) is 4. The molecule has 3 rings (SSSR count). The van der Waals surface area contributed by atoms with Gasteiger partial charge in [-0.05, 0) is 50.1 Å². The van der Waals surface area contributed by atoms with E-state index < -0.39 is 6.04 Å². The molecule has 0 saturated heterocycles. The molecule has 1 atom stereocenters. The third-order valence-electron chi connectivity index (χ3n) is 3.95. The molecule has 7 heteroatoms. The molecule has 128 valence electrons. The van der Waals surface area contributed by atoms with Crippen LogP contribution in [0.15, 0.2) is 53.6 Å². The summed E-state index contributed by atoms with van der Waals surface area (Å²) in [4.78, 5) is 24.7. The maximum Gasteiger partial charge on any atom is 0.267 e. The first kappa shape index (κ1) is 16.6. The zero-order valence-corrected chi connectivity index (χ0v) is 14.3. The van der Waals surface area contributed by atoms with Gasteiger partial charge in [0, 0.05) is 24.1 Å². The molecular formula is C18H19N5O2. The fourth-order valence-corrected chi connectivity index (χ4v) is 2.44. The predicted molar refractivity (Wildman–Crippen MR) is 94.9 cm³/mol. The van der Waals surface area contributed by atoms with E-state index in [4.69, 9.17) is 0 Å². The average Bonchev–Trinajstić information content (AvgIpc) is 3.12. The number of nitrogens with one attached hydrogen (secondary N) is 1. The number of aryl methyl sites for hydroxylation is 2. The molecule has 0 radical (unpaired) electrons. The third-order valence-corrected chi connectivity index (χ3v) is 3.95. The van der Waals surface area contributed by atoms with Gasteiger partial charge in [0.05, 0.1) is 0 Å². The van der Waals surface area contributed by atoms with Crippen molar-refractivity contribution in [1.29, 1.82) is 0 Å². The molecule has 1 aromatic carbocycles. The number of rotatable bonds is 4. The van der Waals surface area contributed by atoms with Crippen LogP contribution in [0.4, 0.5) is 5.69 Å². The Morgan fingerprint density at radius 1 is 1.20 bits per heavy atom. The zero-order valence-electron chi connectivity index (χ0n) is 14.3. The van der Waals surface area contributed by atoms with E-state index in [2.05, 4.69) is 15.5 Å². The smallest absolute Gasteiger partial charge is 0.267 e. The van der Waals surface area contributed by atoms with Gasteiger partial charge >= 0.3 is 0 Å². The van der Waals surface area contributed by atoms with E-state index in [0.717, 1.165) is 21.5 Å². The number of nitrogens with zero attached hydrogens (tertiary/aromatic N) is 4. The summed E-state index contributed by atoms with van der Waals surface area (Å²) < 4.78 is 2.70. The van der Waals surface area contributed by atoms with E-state index in [1.165, 1.54) is 10.7 Å². The second-order valence-electron chi connectivity index (χ2n) is 5.91. The Morgan fingerprint density at radius 3 is 2.72 bits per heavy atom. The van der Waals surface area contributed by atoms with Crippen LogP contribution in [0.2, 0.25) is 0 Å². The Kier molecular flexibility index (Phi) is 4.47. The summed E-state index contributed by atoms with van der Waals surface area (Å²) in [6, 6.07) is 9.77. The summed E-state index contributed by atoms with van der Waals surface area (Å²) in [5.74, 6) is 0.164. The highest BCUT2D eigenvalue weighted by Crippen LogP contribution is 2.18. The van der Waals surface area contributed by atoms with Gasteiger partial charge in [0.15, 0.2) is 5.82 Å². The summed E-state index contributed by atoms with van der Waals surface area (Å²) in [7, 11) is 0. The highest BCUT2D eigenvalue weighted by atomic mass is 16.2. The van der Waals surface area contributed by atoms with Gasteiger partial charge in [-0.1, -0.05) is 12.1 Å². The van der Waals surface area contributed by atoms with Crippen LogP contribution in [-0.4, -0.2) is 25.5 Å². The van der Waals surface area contributed by atoms with Crippen molar-refractivity contribution < 1.29 is 4.79 Å². The van der Waals surface area contributed by atoms with E-state index in [1.54, 1.807) is 31.5 Å². The summed E-state index contributed by atoms with van der Waals surface area (Å²) >= 11 is 0. The summed E-state index contributed by atoms with van der Waals surface area (Å²) in [5.41, 5.74) is 2.38. The van der Waals surface area contributed by atoms with Crippen LogP contribution in [0, 0.1) is 13.8 Å². The van der Waals surface area contributed by atoms with Crippen molar-refractivity contribution in [2.24, 2.45) is 0 Å². The van der Waals surface area contributed by atoms with E-state index in [0.29, 0.717) is 5.82 Å². The van der Waals surface area contributed by atoms with Crippen molar-refractivity contribution in [3.63, 3.8) is 0 Å². The van der Waals surface area contributed by atoms with Gasteiger partial charge in [-0.25, -0.2) is 9.36 Å². The Balaban J connectivity index is 1.88. The van der Waals surface area contributed by atoms with Gasteiger partial charge in [-0.2, -0.15) is 5.10 Å². The number of carbonyl (C=O) groups excluding carboxylic acids is 1. The van der Waals surface area contributed by atoms with Crippen molar-refractivity contribution in [2.45, 2.75) is 26.8 Å². The van der Waals surface area contributed by atoms with Crippen molar-refractivity contribution in [3.05, 3.63) is 70.3 Å². The zero-order chi connectivity index (χ0) is 18.0. The molecule has 2 heterocycles. The molecule has 0 spiro atoms. The lowest BCUT2D eigenvalue weighted by Crippen LogP contribution is -2.33. The van der Waals surface area contributed by atoms with Crippen molar-refractivity contribution in [2.75, 3.05) is 5.32 Å². The fourth-order valence-electron chi connectivity index (χ4n) is 2.44. The molecule has 0 aliphatic rings. The minimum Gasteiger partial charge on any atom is -0.324 e. The highest BCUT2D eigenvalue weighted by Gasteiger charge is 2.19. The Labute approximate surface area is 144 Å². The van der Waals surface area contributed by atoms with Crippen LogP contribution < -0.4 is 10.9 Å². The number of hydrogen-bond donors (Lipinski definition) is 1. The predicted octanol–water partition coefficient (Wildman–Crippen LogP) is 2.25. The normalized spacial score (nSPS) is 12.0. The molecule has 1 unspecified atom stereocenters. The van der Waals surface area contributed by atoms with Gasteiger partial charge in [0.1, 0.15) is 6.04 Å². The Bertz CT molecular complexity index is 960. The molecule has 0 aliphatic heterocycles. The maximum atomic E-state index is 12.6. The summed E-state index contributed by atoms with van der Waals surface area (Å²) in [6.07, 6.45) is 3.34. The van der Waals surface area contributed by atoms with Crippen LogP contribution >= 0.6 is 0 Å². The molecule has 7 nitrogen and oxygen atoms in total. The molecule has 3 aromatic rings. The molecule has 0 aliphatic carbocycles. The van der Waals surface area contributed by atoms with E-state index in [9.17, 15) is 9.59 Å². The Morgan fingerprint density at radius 2 is 2.00 bits per heavy atom. The standard InChI is InChI=1S/C18H19N5O2/c1-12-5-6-13(2)15(11-12)20-18(25)14(3)23-17(24)8-7-16(21-23)22-10-4-9-19-22/h4-11,14H,1-3H3,(H,20,25). The quantitative estimate of drug-likeness (QED) is 0.791. The second kappa shape index (κ2) is 6.72. The van der Waals surface area contributed by atoms with Crippen LogP contribution in [0.3, 0.4) is 0 Å². The van der Waals surface area contributed by atoms with Gasteiger partial charge in [0.2, 0.25) is 5.91 Å². The molecular weight excluding hydrogens is 318 g/mol. The monoisotopic (exact) mass is 337 g/mol. The molecule has 0 bridgehead atoms. The summed E-state index contributed by atoms with van der Waals surface area (Å²) in [6.45, 7) is 5.52. The van der Waals surface area contributed by atoms with E-state index in [-0.39, 0.29) is 11.5 Å². The number of anilines is 1. The first-order valence-corrected chi connectivity index (χ1v) is 7.94. The number of carbonyl (C=O) groups is 1. The van der Waals surface area contributed by atoms with Crippen LogP contribution in [0.1, 0.15) is 24.1 Å². The van der Waals surface area contributed by atoms with Crippen LogP contribution in [0.5, 0.6) is 0 Å². The maximum absolute atomic E-state index is 12.6. The number of aromatic nitrogens is 4. The number of benzene rings is 1. The fraction of sp³-hybridized carbons (Fsp3) is 0.222. The molecule has 1 amide bonds. The minimum absolute atomic E-state index is 0.305. The highest BCUT2D eigenvalue weighted by molar-refractivity contribution is 5.94. The molecule has 0 fully saturated rings. The molecule has 2 aromatic heterocycles. The van der Waals surface area contributed by atoms with Gasteiger partial charge in [-0.15, -0.1) is 5.10 Å². The molecule has 0 saturated carbocycles. The van der Waals surface area contributed by atoms with E-state index >= 15 is 0 Å². The lowest BCUT2D eigenvalue weighted by Gasteiger charge is -2.16. The molecule has 1 N–H and O–H groups in total. The third kappa shape index (κ3) is 3.50. The van der Waals surface area contributed by atoms with Crippen LogP contribution in [0.25, 0.3) is 5.82 Å². The first-order valence-electron chi connectivity index (χ1n) is 7.94. The summed E-state index contributed by atoms with van der Waals surface area (Å²) in [5, 5.41) is 11.2. The lowest BCUT2D eigenvalue weighted by atomic mass is 10.1. The van der Waals surface area contributed by atoms with Crippen molar-refractivity contribution in [1.82, 2.24) is 19.6 Å². The SMILES string of the molecule is Cc1ccc(C)c(NC(=O)C(C)n2nc(-n3cccn3)ccc2=O)c1. The topological polar surface area (TPSA) is 81.8 Å². The van der Waals surface area contributed by atoms with Crippen LogP contribution in [-0.2, 0) is 4.79 Å². The van der Waals surface area contributed by atoms with E-state index in [1.807, 2.05) is 32.0 Å². The van der Waals surface area contributed by atoms with Gasteiger partial charge in [-0.3, -0.25) is 9.59 Å². The van der Waals surface area contributed by atoms with Gasteiger partial charge in [0.25, 0.3) is 5.56 Å². The number of amides is 1. The minimum atomic E-state index is -0.761. The van der Waals surface area contributed by atoms with Crippen molar-refractivity contribution >= 4 is 11.6 Å².